The topological polar surface area (TPSA) is 68.0 Å². The lowest BCUT2D eigenvalue weighted by molar-refractivity contribution is -0.120. The lowest BCUT2D eigenvalue weighted by Crippen LogP contribution is -2.26. The molecule has 0 radical (unpaired) electrons. The Morgan fingerprint density at radius 1 is 1.44 bits per heavy atom. The maximum Gasteiger partial charge on any atom is 0.226 e. The van der Waals surface area contributed by atoms with Crippen molar-refractivity contribution in [2.75, 3.05) is 24.3 Å². The van der Waals surface area contributed by atoms with Crippen LogP contribution >= 0.6 is 23.1 Å². The molecule has 3 N–H and O–H groups in total. The molecule has 0 aliphatic carbocycles. The zero-order valence-electron chi connectivity index (χ0n) is 10.8. The number of thioether (sulfide) groups is 1. The van der Waals surface area contributed by atoms with Crippen molar-refractivity contribution < 1.29 is 4.79 Å². The van der Waals surface area contributed by atoms with E-state index in [1.807, 2.05) is 17.1 Å². The predicted octanol–water partition coefficient (Wildman–Crippen LogP) is 2.31. The summed E-state index contributed by atoms with van der Waals surface area (Å²) >= 11 is 3.26. The van der Waals surface area contributed by atoms with Crippen LogP contribution in [0.2, 0.25) is 0 Å². The molecule has 1 aromatic rings. The van der Waals surface area contributed by atoms with E-state index in [-0.39, 0.29) is 5.91 Å². The first kappa shape index (κ1) is 15.3. The van der Waals surface area contributed by atoms with Crippen molar-refractivity contribution in [3.63, 3.8) is 0 Å². The molecule has 0 unspecified atom stereocenters. The molecule has 1 heterocycles. The van der Waals surface area contributed by atoms with E-state index in [1.54, 1.807) is 0 Å². The fourth-order valence-electron chi connectivity index (χ4n) is 1.58. The minimum Gasteiger partial charge on any atom is -0.375 e. The van der Waals surface area contributed by atoms with Crippen LogP contribution in [0.15, 0.2) is 5.38 Å². The highest BCUT2D eigenvalue weighted by Crippen LogP contribution is 2.11. The molecular formula is C12H21N3OS2. The smallest absolute Gasteiger partial charge is 0.226 e. The third kappa shape index (κ3) is 6.86. The average molecular weight is 287 g/mol. The maximum atomic E-state index is 11.6. The number of unbranched alkanes of at least 4 members (excludes halogenated alkanes) is 3. The van der Waals surface area contributed by atoms with Crippen LogP contribution in [-0.4, -0.2) is 29.4 Å². The Labute approximate surface area is 117 Å². The van der Waals surface area contributed by atoms with E-state index in [4.69, 9.17) is 5.73 Å². The molecule has 0 spiro atoms. The first-order chi connectivity index (χ1) is 8.72. The Balaban J connectivity index is 2.00. The van der Waals surface area contributed by atoms with E-state index in [1.165, 1.54) is 36.4 Å². The lowest BCUT2D eigenvalue weighted by atomic mass is 10.2. The van der Waals surface area contributed by atoms with E-state index >= 15 is 0 Å². The van der Waals surface area contributed by atoms with E-state index in [0.717, 1.165) is 18.7 Å². The summed E-state index contributed by atoms with van der Waals surface area (Å²) in [7, 11) is 0. The second-order valence-corrected chi connectivity index (χ2v) is 5.99. The highest BCUT2D eigenvalue weighted by Gasteiger charge is 2.05. The summed E-state index contributed by atoms with van der Waals surface area (Å²) in [6, 6.07) is 0. The molecule has 0 aliphatic rings. The van der Waals surface area contributed by atoms with Gasteiger partial charge in [0.05, 0.1) is 12.1 Å². The summed E-state index contributed by atoms with van der Waals surface area (Å²) in [6.45, 7) is 0.762. The summed E-state index contributed by atoms with van der Waals surface area (Å²) < 4.78 is 0. The molecule has 18 heavy (non-hydrogen) atoms. The quantitative estimate of drug-likeness (QED) is 0.684. The predicted molar refractivity (Wildman–Crippen MR) is 80.1 cm³/mol. The number of nitrogens with one attached hydrogen (secondary N) is 1. The Kier molecular flexibility index (Phi) is 7.84. The number of nitrogens with two attached hydrogens (primary N) is 1. The first-order valence-corrected chi connectivity index (χ1v) is 8.45. The summed E-state index contributed by atoms with van der Waals surface area (Å²) in [5.41, 5.74) is 6.27. The largest absolute Gasteiger partial charge is 0.375 e. The molecule has 4 nitrogen and oxygen atoms in total. The van der Waals surface area contributed by atoms with Gasteiger partial charge in [0.2, 0.25) is 5.91 Å². The molecule has 0 fully saturated rings. The second-order valence-electron chi connectivity index (χ2n) is 4.11. The van der Waals surface area contributed by atoms with Crippen molar-refractivity contribution in [1.29, 1.82) is 0 Å². The van der Waals surface area contributed by atoms with Crippen LogP contribution in [0.25, 0.3) is 0 Å². The molecular weight excluding hydrogens is 266 g/mol. The van der Waals surface area contributed by atoms with Gasteiger partial charge in [0.15, 0.2) is 5.13 Å². The standard InChI is InChI=1S/C12H21N3OS2/c1-17-7-5-3-2-4-6-14-11(16)8-10-9-18-12(13)15-10/h9H,2-8H2,1H3,(H2,13,15)(H,14,16). The number of anilines is 1. The van der Waals surface area contributed by atoms with E-state index in [0.29, 0.717) is 11.6 Å². The van der Waals surface area contributed by atoms with E-state index in [9.17, 15) is 4.79 Å². The zero-order chi connectivity index (χ0) is 13.2. The van der Waals surface area contributed by atoms with Gasteiger partial charge in [0.25, 0.3) is 0 Å². The highest BCUT2D eigenvalue weighted by atomic mass is 32.2. The average Bonchev–Trinajstić information content (AvgIpc) is 2.73. The molecule has 0 bridgehead atoms. The monoisotopic (exact) mass is 287 g/mol. The van der Waals surface area contributed by atoms with Crippen molar-refractivity contribution in [2.24, 2.45) is 0 Å². The third-order valence-corrected chi connectivity index (χ3v) is 3.93. The Hall–Kier alpha value is -0.750. The fourth-order valence-corrected chi connectivity index (χ4v) is 2.64. The zero-order valence-corrected chi connectivity index (χ0v) is 12.4. The van der Waals surface area contributed by atoms with Crippen molar-refractivity contribution >= 4 is 34.1 Å². The Bertz CT molecular complexity index is 355. The van der Waals surface area contributed by atoms with E-state index in [2.05, 4.69) is 16.6 Å². The molecule has 1 rings (SSSR count). The molecule has 0 aliphatic heterocycles. The number of aromatic nitrogens is 1. The molecule has 0 aromatic carbocycles. The summed E-state index contributed by atoms with van der Waals surface area (Å²) in [4.78, 5) is 15.6. The molecule has 0 saturated carbocycles. The van der Waals surface area contributed by atoms with Gasteiger partial charge >= 0.3 is 0 Å². The van der Waals surface area contributed by atoms with Gasteiger partial charge in [-0.15, -0.1) is 11.3 Å². The van der Waals surface area contributed by atoms with Crippen LogP contribution in [0.5, 0.6) is 0 Å². The van der Waals surface area contributed by atoms with E-state index < -0.39 is 0 Å². The summed E-state index contributed by atoms with van der Waals surface area (Å²) in [5, 5.41) is 5.26. The Morgan fingerprint density at radius 3 is 2.89 bits per heavy atom. The van der Waals surface area contributed by atoms with Crippen LogP contribution in [0.4, 0.5) is 5.13 Å². The van der Waals surface area contributed by atoms with Crippen LogP contribution < -0.4 is 11.1 Å². The number of carbonyl (C=O) groups is 1. The van der Waals surface area contributed by atoms with Crippen LogP contribution in [0.1, 0.15) is 31.4 Å². The molecule has 0 atom stereocenters. The number of thiazole rings is 1. The minimum atomic E-state index is 0.0319. The van der Waals surface area contributed by atoms with Gasteiger partial charge in [-0.1, -0.05) is 12.8 Å². The van der Waals surface area contributed by atoms with Gasteiger partial charge in [-0.2, -0.15) is 11.8 Å². The van der Waals surface area contributed by atoms with Crippen molar-refractivity contribution in [3.8, 4) is 0 Å². The maximum absolute atomic E-state index is 11.6. The van der Waals surface area contributed by atoms with Gasteiger partial charge in [-0.3, -0.25) is 4.79 Å². The fraction of sp³-hybridized carbons (Fsp3) is 0.667. The molecule has 6 heteroatoms. The summed E-state index contributed by atoms with van der Waals surface area (Å²) in [6.07, 6.45) is 7.22. The molecule has 102 valence electrons. The number of rotatable bonds is 9. The lowest BCUT2D eigenvalue weighted by Gasteiger charge is -2.04. The Morgan fingerprint density at radius 2 is 2.22 bits per heavy atom. The number of hydrogen-bond donors (Lipinski definition) is 2. The number of carbonyl (C=O) groups excluding carboxylic acids is 1. The van der Waals surface area contributed by atoms with Crippen LogP contribution in [0, 0.1) is 0 Å². The van der Waals surface area contributed by atoms with Crippen LogP contribution in [-0.2, 0) is 11.2 Å². The number of nitrogen functional groups attached to an aromatic ring is 1. The van der Waals surface area contributed by atoms with Crippen LogP contribution in [0.3, 0.4) is 0 Å². The SMILES string of the molecule is CSCCCCCCNC(=O)Cc1csc(N)n1. The number of amides is 1. The van der Waals surface area contributed by atoms with Crippen molar-refractivity contribution in [2.45, 2.75) is 32.1 Å². The molecule has 0 saturated heterocycles. The van der Waals surface area contributed by atoms with Gasteiger partial charge in [0.1, 0.15) is 0 Å². The number of hydrogen-bond acceptors (Lipinski definition) is 5. The molecule has 1 aromatic heterocycles. The summed E-state index contributed by atoms with van der Waals surface area (Å²) in [5.74, 6) is 1.27. The van der Waals surface area contributed by atoms with Crippen molar-refractivity contribution in [1.82, 2.24) is 10.3 Å². The van der Waals surface area contributed by atoms with Gasteiger partial charge in [-0.25, -0.2) is 4.98 Å². The normalized spacial score (nSPS) is 10.5. The van der Waals surface area contributed by atoms with Gasteiger partial charge < -0.3 is 11.1 Å². The second kappa shape index (κ2) is 9.22. The van der Waals surface area contributed by atoms with Crippen molar-refractivity contribution in [3.05, 3.63) is 11.1 Å². The third-order valence-electron chi connectivity index (χ3n) is 2.51. The van der Waals surface area contributed by atoms with Gasteiger partial charge in [-0.05, 0) is 24.9 Å². The first-order valence-electron chi connectivity index (χ1n) is 6.18. The molecule has 1 amide bonds. The number of nitrogens with zero attached hydrogens (tertiary/aromatic N) is 1. The highest BCUT2D eigenvalue weighted by molar-refractivity contribution is 7.98. The minimum absolute atomic E-state index is 0.0319. The van der Waals surface area contributed by atoms with Gasteiger partial charge in [0, 0.05) is 11.9 Å².